The van der Waals surface area contributed by atoms with Gasteiger partial charge in [-0.05, 0) is 37.3 Å². The van der Waals surface area contributed by atoms with E-state index in [1.807, 2.05) is 50.4 Å². The number of carbonyl (C=O) groups is 2. The zero-order valence-electron chi connectivity index (χ0n) is 17.8. The van der Waals surface area contributed by atoms with Crippen LogP contribution in [0.1, 0.15) is 46.6 Å². The third kappa shape index (κ3) is 6.83. The predicted octanol–water partition coefficient (Wildman–Crippen LogP) is 3.23. The number of hydrogen-bond acceptors (Lipinski definition) is 3. The van der Waals surface area contributed by atoms with Gasteiger partial charge in [0.2, 0.25) is 5.91 Å². The molecule has 3 amide bonds. The highest BCUT2D eigenvalue weighted by Crippen LogP contribution is 2.26. The first-order chi connectivity index (χ1) is 13.5. The molecular formula is C22H31N5O2. The number of nitrogens with one attached hydrogen (secondary N) is 4. The third-order valence-electron chi connectivity index (χ3n) is 4.49. The number of para-hydroxylation sites is 1. The first-order valence-corrected chi connectivity index (χ1v) is 9.79. The number of aromatic amines is 1. The Morgan fingerprint density at radius 3 is 2.52 bits per heavy atom. The second-order valence-corrected chi connectivity index (χ2v) is 9.21. The molecular weight excluding hydrogens is 366 g/mol. The van der Waals surface area contributed by atoms with Gasteiger partial charge in [0.15, 0.2) is 0 Å². The summed E-state index contributed by atoms with van der Waals surface area (Å²) in [5, 5.41) is 18.1. The zero-order valence-corrected chi connectivity index (χ0v) is 17.8. The van der Waals surface area contributed by atoms with E-state index in [4.69, 9.17) is 5.26 Å². The van der Waals surface area contributed by atoms with Gasteiger partial charge in [-0.3, -0.25) is 4.79 Å². The van der Waals surface area contributed by atoms with Crippen molar-refractivity contribution in [3.8, 4) is 6.07 Å². The molecule has 1 atom stereocenters. The summed E-state index contributed by atoms with van der Waals surface area (Å²) in [7, 11) is 0. The molecule has 7 nitrogen and oxygen atoms in total. The fourth-order valence-corrected chi connectivity index (χ4v) is 3.85. The zero-order chi connectivity index (χ0) is 21.7. The Balaban J connectivity index is 2.14. The Labute approximate surface area is 172 Å². The van der Waals surface area contributed by atoms with E-state index in [1.54, 1.807) is 0 Å². The summed E-state index contributed by atoms with van der Waals surface area (Å²) in [6.07, 6.45) is 2.94. The lowest BCUT2D eigenvalue weighted by atomic mass is 9.82. The Morgan fingerprint density at radius 2 is 1.86 bits per heavy atom. The topological polar surface area (TPSA) is 110 Å². The third-order valence-corrected chi connectivity index (χ3v) is 4.49. The van der Waals surface area contributed by atoms with Crippen LogP contribution in [-0.4, -0.2) is 35.0 Å². The molecule has 0 spiro atoms. The van der Waals surface area contributed by atoms with Crippen molar-refractivity contribution in [1.82, 2.24) is 20.9 Å². The van der Waals surface area contributed by atoms with Crippen molar-refractivity contribution in [3.63, 3.8) is 0 Å². The molecule has 1 heterocycles. The molecule has 0 aliphatic heterocycles. The largest absolute Gasteiger partial charge is 0.361 e. The molecule has 0 saturated carbocycles. The summed E-state index contributed by atoms with van der Waals surface area (Å²) in [5.74, 6) is -0.388. The van der Waals surface area contributed by atoms with Crippen LogP contribution in [-0.2, 0) is 11.2 Å². The molecule has 0 radical (unpaired) electrons. The number of nitrogens with zero attached hydrogens (tertiary/aromatic N) is 1. The number of aromatic nitrogens is 1. The van der Waals surface area contributed by atoms with Crippen LogP contribution in [0.25, 0.3) is 10.9 Å². The molecule has 2 aromatic rings. The van der Waals surface area contributed by atoms with Crippen LogP contribution in [0.3, 0.4) is 0 Å². The number of benzene rings is 1. The lowest BCUT2D eigenvalue weighted by Gasteiger charge is -2.33. The molecule has 0 bridgehead atoms. The normalized spacial score (nSPS) is 12.8. The standard InChI is InChI=1S/C22H31N5O2/c1-21(2,3)14-22(4,5)27-20(29)26-18(19(28)24-11-10-23)12-15-13-25-17-9-7-6-8-16(15)17/h6-9,13,18,25H,11-12,14H2,1-5H3,(H,24,28)(H2,26,27,29). The fourth-order valence-electron chi connectivity index (χ4n) is 3.85. The summed E-state index contributed by atoms with van der Waals surface area (Å²) < 4.78 is 0. The van der Waals surface area contributed by atoms with Crippen molar-refractivity contribution in [2.75, 3.05) is 6.54 Å². The minimum atomic E-state index is -0.798. The lowest BCUT2D eigenvalue weighted by molar-refractivity contribution is -0.122. The molecule has 0 aliphatic carbocycles. The lowest BCUT2D eigenvalue weighted by Crippen LogP contribution is -2.56. The number of urea groups is 1. The van der Waals surface area contributed by atoms with E-state index in [-0.39, 0.29) is 17.9 Å². The molecule has 1 unspecified atom stereocenters. The van der Waals surface area contributed by atoms with Crippen molar-refractivity contribution >= 4 is 22.8 Å². The summed E-state index contributed by atoms with van der Waals surface area (Å²) in [4.78, 5) is 28.4. The van der Waals surface area contributed by atoms with Crippen LogP contribution in [0.2, 0.25) is 0 Å². The number of hydrogen-bond donors (Lipinski definition) is 4. The molecule has 0 fully saturated rings. The summed E-state index contributed by atoms with van der Waals surface area (Å²) in [5.41, 5.74) is 1.50. The van der Waals surface area contributed by atoms with Crippen LogP contribution in [0.5, 0.6) is 0 Å². The SMILES string of the molecule is CC(C)(C)CC(C)(C)NC(=O)NC(Cc1c[nH]c2ccccc12)C(=O)NCC#N. The van der Waals surface area contributed by atoms with Crippen molar-refractivity contribution in [2.24, 2.45) is 5.41 Å². The molecule has 156 valence electrons. The van der Waals surface area contributed by atoms with E-state index in [9.17, 15) is 9.59 Å². The summed E-state index contributed by atoms with van der Waals surface area (Å²) in [6.45, 7) is 10.2. The average Bonchev–Trinajstić information content (AvgIpc) is 2.99. The number of carbonyl (C=O) groups excluding carboxylic acids is 2. The number of nitriles is 1. The quantitative estimate of drug-likeness (QED) is 0.538. The number of amides is 3. The number of rotatable bonds is 7. The maximum atomic E-state index is 12.7. The van der Waals surface area contributed by atoms with Gasteiger partial charge in [0.1, 0.15) is 12.6 Å². The second kappa shape index (κ2) is 8.99. The minimum Gasteiger partial charge on any atom is -0.361 e. The van der Waals surface area contributed by atoms with Gasteiger partial charge in [-0.2, -0.15) is 5.26 Å². The molecule has 0 saturated heterocycles. The van der Waals surface area contributed by atoms with Gasteiger partial charge in [-0.15, -0.1) is 0 Å². The van der Waals surface area contributed by atoms with Crippen molar-refractivity contribution in [2.45, 2.75) is 59.0 Å². The second-order valence-electron chi connectivity index (χ2n) is 9.21. The van der Waals surface area contributed by atoms with Gasteiger partial charge in [-0.1, -0.05) is 39.0 Å². The fraction of sp³-hybridized carbons (Fsp3) is 0.500. The molecule has 1 aromatic heterocycles. The van der Waals surface area contributed by atoms with Gasteiger partial charge in [-0.25, -0.2) is 4.79 Å². The molecule has 0 aliphatic rings. The van der Waals surface area contributed by atoms with Gasteiger partial charge in [0.25, 0.3) is 0 Å². The highest BCUT2D eigenvalue weighted by atomic mass is 16.2. The van der Waals surface area contributed by atoms with Crippen LogP contribution in [0.4, 0.5) is 4.79 Å². The maximum absolute atomic E-state index is 12.7. The van der Waals surface area contributed by atoms with Crippen molar-refractivity contribution in [3.05, 3.63) is 36.0 Å². The van der Waals surface area contributed by atoms with Crippen molar-refractivity contribution in [1.29, 1.82) is 5.26 Å². The Bertz CT molecular complexity index is 902. The van der Waals surface area contributed by atoms with Gasteiger partial charge < -0.3 is 20.9 Å². The maximum Gasteiger partial charge on any atom is 0.315 e. The molecule has 4 N–H and O–H groups in total. The van der Waals surface area contributed by atoms with E-state index in [2.05, 4.69) is 41.7 Å². The molecule has 7 heteroatoms. The van der Waals surface area contributed by atoms with Crippen LogP contribution >= 0.6 is 0 Å². The summed E-state index contributed by atoms with van der Waals surface area (Å²) in [6, 6.07) is 8.48. The Kier molecular flexibility index (Phi) is 6.91. The highest BCUT2D eigenvalue weighted by Gasteiger charge is 2.29. The van der Waals surface area contributed by atoms with E-state index in [0.29, 0.717) is 6.42 Å². The van der Waals surface area contributed by atoms with E-state index in [0.717, 1.165) is 22.9 Å². The van der Waals surface area contributed by atoms with Crippen molar-refractivity contribution < 1.29 is 9.59 Å². The average molecular weight is 398 g/mol. The number of fused-ring (bicyclic) bond motifs is 1. The monoisotopic (exact) mass is 397 g/mol. The minimum absolute atomic E-state index is 0.0460. The van der Waals surface area contributed by atoms with Gasteiger partial charge >= 0.3 is 6.03 Å². The van der Waals surface area contributed by atoms with Gasteiger partial charge in [0, 0.05) is 29.1 Å². The van der Waals surface area contributed by atoms with Crippen LogP contribution in [0, 0.1) is 16.7 Å². The Hall–Kier alpha value is -3.01. The smallest absolute Gasteiger partial charge is 0.315 e. The Morgan fingerprint density at radius 1 is 1.17 bits per heavy atom. The highest BCUT2D eigenvalue weighted by molar-refractivity contribution is 5.89. The molecule has 2 rings (SSSR count). The van der Waals surface area contributed by atoms with Crippen LogP contribution in [0.15, 0.2) is 30.5 Å². The van der Waals surface area contributed by atoms with Crippen LogP contribution < -0.4 is 16.0 Å². The molecule has 1 aromatic carbocycles. The van der Waals surface area contributed by atoms with E-state index >= 15 is 0 Å². The first-order valence-electron chi connectivity index (χ1n) is 9.79. The van der Waals surface area contributed by atoms with E-state index in [1.165, 1.54) is 0 Å². The first kappa shape index (κ1) is 22.3. The van der Waals surface area contributed by atoms with Gasteiger partial charge in [0.05, 0.1) is 6.07 Å². The number of H-pyrrole nitrogens is 1. The van der Waals surface area contributed by atoms with E-state index < -0.39 is 17.6 Å². The molecule has 29 heavy (non-hydrogen) atoms. The predicted molar refractivity (Wildman–Crippen MR) is 114 cm³/mol. The summed E-state index contributed by atoms with van der Waals surface area (Å²) >= 11 is 0.